The van der Waals surface area contributed by atoms with Crippen LogP contribution in [0.3, 0.4) is 0 Å². The third kappa shape index (κ3) is 2.82. The molecule has 1 unspecified atom stereocenters. The maximum Gasteiger partial charge on any atom is 0.443 e. The molecule has 0 aliphatic carbocycles. The maximum atomic E-state index is 12.6. The summed E-state index contributed by atoms with van der Waals surface area (Å²) in [5, 5.41) is 2.16. The van der Waals surface area contributed by atoms with Crippen molar-refractivity contribution in [1.29, 1.82) is 0 Å². The third-order valence-electron chi connectivity index (χ3n) is 2.73. The van der Waals surface area contributed by atoms with Crippen LogP contribution in [-0.2, 0) is 6.18 Å². The Hall–Kier alpha value is -1.34. The fraction of sp³-hybridized carbons (Fsp3) is 0.417. The predicted octanol–water partition coefficient (Wildman–Crippen LogP) is 3.68. The van der Waals surface area contributed by atoms with Crippen molar-refractivity contribution >= 4 is 11.3 Å². The number of aryl methyl sites for hydroxylation is 2. The monoisotopic (exact) mass is 290 g/mol. The largest absolute Gasteiger partial charge is 0.466 e. The molecule has 0 aliphatic rings. The van der Waals surface area contributed by atoms with Gasteiger partial charge >= 0.3 is 6.18 Å². The number of hydrogen-bond donors (Lipinski definition) is 1. The highest BCUT2D eigenvalue weighted by atomic mass is 32.1. The van der Waals surface area contributed by atoms with E-state index in [0.29, 0.717) is 22.0 Å². The molecule has 2 rings (SSSR count). The summed E-state index contributed by atoms with van der Waals surface area (Å²) in [6.45, 7) is 3.59. The Balaban J connectivity index is 2.38. The Kier molecular flexibility index (Phi) is 3.69. The van der Waals surface area contributed by atoms with Crippen molar-refractivity contribution in [3.8, 4) is 0 Å². The zero-order chi connectivity index (χ0) is 14.2. The topological polar surface area (TPSA) is 38.1 Å². The van der Waals surface area contributed by atoms with E-state index in [-0.39, 0.29) is 6.04 Å². The molecule has 2 aromatic rings. The van der Waals surface area contributed by atoms with E-state index < -0.39 is 11.2 Å². The first kappa shape index (κ1) is 14.1. The average molecular weight is 290 g/mol. The quantitative estimate of drug-likeness (QED) is 0.937. The normalized spacial score (nSPS) is 13.8. The first-order valence-corrected chi connectivity index (χ1v) is 6.41. The van der Waals surface area contributed by atoms with Crippen molar-refractivity contribution in [3.63, 3.8) is 0 Å². The van der Waals surface area contributed by atoms with Gasteiger partial charge in [0.25, 0.3) is 0 Å². The van der Waals surface area contributed by atoms with Crippen LogP contribution >= 0.6 is 11.3 Å². The molecule has 0 radical (unpaired) electrons. The first-order valence-electron chi connectivity index (χ1n) is 5.60. The lowest BCUT2D eigenvalue weighted by atomic mass is 10.1. The second kappa shape index (κ2) is 4.97. The maximum absolute atomic E-state index is 12.6. The minimum Gasteiger partial charge on any atom is -0.466 e. The number of thiazole rings is 1. The third-order valence-corrected chi connectivity index (χ3v) is 3.84. The van der Waals surface area contributed by atoms with Gasteiger partial charge in [-0.15, -0.1) is 11.3 Å². The number of aromatic nitrogens is 1. The van der Waals surface area contributed by atoms with E-state index in [2.05, 4.69) is 10.3 Å². The van der Waals surface area contributed by atoms with E-state index in [1.807, 2.05) is 6.07 Å². The second-order valence-electron chi connectivity index (χ2n) is 4.16. The number of furan rings is 1. The van der Waals surface area contributed by atoms with Crippen molar-refractivity contribution in [2.75, 3.05) is 7.05 Å². The van der Waals surface area contributed by atoms with Gasteiger partial charge in [0.2, 0.25) is 0 Å². The van der Waals surface area contributed by atoms with Crippen molar-refractivity contribution in [2.24, 2.45) is 0 Å². The second-order valence-corrected chi connectivity index (χ2v) is 5.22. The standard InChI is InChI=1S/C12H13F3N2OS/c1-6-4-8(7(2)18-6)10(16-3)9-5-17-11(19-9)12(13,14)15/h4-5,10,16H,1-3H3. The van der Waals surface area contributed by atoms with E-state index in [1.54, 1.807) is 20.9 Å². The molecule has 2 heterocycles. The van der Waals surface area contributed by atoms with Crippen LogP contribution in [0.15, 0.2) is 16.7 Å². The fourth-order valence-corrected chi connectivity index (χ4v) is 2.85. The molecule has 0 saturated heterocycles. The van der Waals surface area contributed by atoms with E-state index in [9.17, 15) is 13.2 Å². The highest BCUT2D eigenvalue weighted by molar-refractivity contribution is 7.11. The molecule has 1 N–H and O–H groups in total. The summed E-state index contributed by atoms with van der Waals surface area (Å²) in [6, 6.07) is 1.48. The molecule has 104 valence electrons. The SMILES string of the molecule is CNC(c1cnc(C(F)(F)F)s1)c1cc(C)oc1C. The van der Waals surface area contributed by atoms with E-state index in [1.165, 1.54) is 6.20 Å². The molecule has 19 heavy (non-hydrogen) atoms. The van der Waals surface area contributed by atoms with Gasteiger partial charge in [-0.1, -0.05) is 0 Å². The summed E-state index contributed by atoms with van der Waals surface area (Å²) < 4.78 is 43.1. The molecule has 0 aromatic carbocycles. The zero-order valence-corrected chi connectivity index (χ0v) is 11.4. The number of nitrogens with one attached hydrogen (secondary N) is 1. The lowest BCUT2D eigenvalue weighted by Gasteiger charge is -2.12. The number of hydrogen-bond acceptors (Lipinski definition) is 4. The number of halogens is 3. The van der Waals surface area contributed by atoms with Crippen molar-refractivity contribution < 1.29 is 17.6 Å². The molecule has 0 saturated carbocycles. The lowest BCUT2D eigenvalue weighted by molar-refractivity contribution is -0.137. The average Bonchev–Trinajstić information content (AvgIpc) is 2.87. The van der Waals surface area contributed by atoms with Crippen LogP contribution in [-0.4, -0.2) is 12.0 Å². The van der Waals surface area contributed by atoms with Crippen LogP contribution in [0.2, 0.25) is 0 Å². The Bertz CT molecular complexity index is 574. The van der Waals surface area contributed by atoms with E-state index >= 15 is 0 Å². The number of alkyl halides is 3. The van der Waals surface area contributed by atoms with Crippen molar-refractivity contribution in [1.82, 2.24) is 10.3 Å². The first-order chi connectivity index (χ1) is 8.82. The number of rotatable bonds is 3. The summed E-state index contributed by atoms with van der Waals surface area (Å²) in [5.74, 6) is 1.42. The summed E-state index contributed by atoms with van der Waals surface area (Å²) >= 11 is 0.645. The van der Waals surface area contributed by atoms with E-state index in [0.717, 1.165) is 11.3 Å². The highest BCUT2D eigenvalue weighted by Gasteiger charge is 2.35. The molecule has 0 spiro atoms. The Morgan fingerprint density at radius 1 is 1.37 bits per heavy atom. The molecule has 0 bridgehead atoms. The summed E-state index contributed by atoms with van der Waals surface area (Å²) in [5.41, 5.74) is 0.831. The van der Waals surface area contributed by atoms with Gasteiger partial charge in [-0.2, -0.15) is 13.2 Å². The molecule has 0 aliphatic heterocycles. The predicted molar refractivity (Wildman–Crippen MR) is 66.2 cm³/mol. The summed E-state index contributed by atoms with van der Waals surface area (Å²) in [7, 11) is 1.69. The van der Waals surface area contributed by atoms with E-state index in [4.69, 9.17) is 4.42 Å². The van der Waals surface area contributed by atoms with Crippen LogP contribution < -0.4 is 5.32 Å². The summed E-state index contributed by atoms with van der Waals surface area (Å²) in [6.07, 6.45) is -3.14. The Labute approximate surface area is 112 Å². The van der Waals surface area contributed by atoms with Crippen LogP contribution in [0.25, 0.3) is 0 Å². The van der Waals surface area contributed by atoms with Crippen LogP contribution in [0.5, 0.6) is 0 Å². The minimum atomic E-state index is -4.40. The van der Waals surface area contributed by atoms with Crippen LogP contribution in [0.4, 0.5) is 13.2 Å². The lowest BCUT2D eigenvalue weighted by Crippen LogP contribution is -2.16. The van der Waals surface area contributed by atoms with Gasteiger partial charge in [-0.25, -0.2) is 4.98 Å². The molecule has 2 aromatic heterocycles. The van der Waals surface area contributed by atoms with Gasteiger partial charge < -0.3 is 9.73 Å². The van der Waals surface area contributed by atoms with Crippen LogP contribution in [0.1, 0.15) is 33.0 Å². The molecule has 7 heteroatoms. The van der Waals surface area contributed by atoms with Gasteiger partial charge in [-0.3, -0.25) is 0 Å². The van der Waals surface area contributed by atoms with Crippen molar-refractivity contribution in [3.05, 3.63) is 39.2 Å². The Morgan fingerprint density at radius 2 is 2.05 bits per heavy atom. The van der Waals surface area contributed by atoms with Crippen molar-refractivity contribution in [2.45, 2.75) is 26.1 Å². The summed E-state index contributed by atoms with van der Waals surface area (Å²) in [4.78, 5) is 3.95. The molecule has 1 atom stereocenters. The van der Waals surface area contributed by atoms with Crippen LogP contribution in [0, 0.1) is 13.8 Å². The molecule has 0 amide bonds. The molecule has 0 fully saturated rings. The Morgan fingerprint density at radius 3 is 2.47 bits per heavy atom. The van der Waals surface area contributed by atoms with Gasteiger partial charge in [-0.05, 0) is 27.0 Å². The zero-order valence-electron chi connectivity index (χ0n) is 10.6. The molecular weight excluding hydrogens is 277 g/mol. The van der Waals surface area contributed by atoms with Gasteiger partial charge in [0.1, 0.15) is 11.5 Å². The highest BCUT2D eigenvalue weighted by Crippen LogP contribution is 2.36. The van der Waals surface area contributed by atoms with Gasteiger partial charge in [0, 0.05) is 16.6 Å². The molecule has 3 nitrogen and oxygen atoms in total. The molecular formula is C12H13F3N2OS. The smallest absolute Gasteiger partial charge is 0.443 e. The van der Waals surface area contributed by atoms with Gasteiger partial charge in [0.05, 0.1) is 6.04 Å². The van der Waals surface area contributed by atoms with Gasteiger partial charge in [0.15, 0.2) is 5.01 Å². The fourth-order valence-electron chi connectivity index (χ4n) is 1.94. The minimum absolute atomic E-state index is 0.342. The number of nitrogens with zero attached hydrogens (tertiary/aromatic N) is 1.